The summed E-state index contributed by atoms with van der Waals surface area (Å²) in [7, 11) is -2.35. The number of aliphatic hydroxyl groups excluding tert-OH is 3. The van der Waals surface area contributed by atoms with Gasteiger partial charge in [-0.25, -0.2) is 50.6 Å². The van der Waals surface area contributed by atoms with Gasteiger partial charge in [0.15, 0.2) is 57.8 Å². The summed E-state index contributed by atoms with van der Waals surface area (Å²) in [6, 6.07) is 12.6. The van der Waals surface area contributed by atoms with Crippen molar-refractivity contribution in [1.29, 1.82) is 0 Å². The van der Waals surface area contributed by atoms with Crippen LogP contribution in [0.2, 0.25) is 0 Å². The first-order valence-electron chi connectivity index (χ1n) is 34.7. The minimum atomic E-state index is -4.91. The van der Waals surface area contributed by atoms with Gasteiger partial charge in [-0.15, -0.1) is 0 Å². The molecule has 0 bridgehead atoms. The molecule has 33 nitrogen and oxygen atoms in total. The van der Waals surface area contributed by atoms with Gasteiger partial charge in [-0.2, -0.15) is 38.9 Å². The van der Waals surface area contributed by atoms with Gasteiger partial charge in [0.1, 0.15) is 48.0 Å². The molecule has 0 unspecified atom stereocenters. The van der Waals surface area contributed by atoms with E-state index in [0.717, 1.165) is 39.0 Å². The number of nitrogens with one attached hydrogen (secondary N) is 4. The van der Waals surface area contributed by atoms with E-state index in [2.05, 4.69) is 55.2 Å². The Morgan fingerprint density at radius 3 is 1.34 bits per heavy atom. The van der Waals surface area contributed by atoms with Crippen molar-refractivity contribution in [3.05, 3.63) is 102 Å². The van der Waals surface area contributed by atoms with Crippen LogP contribution in [-0.4, -0.2) is 193 Å². The van der Waals surface area contributed by atoms with Gasteiger partial charge in [-0.05, 0) is 92.5 Å². The topological polar surface area (TPSA) is 397 Å². The molecule has 9 rings (SSSR count). The van der Waals surface area contributed by atoms with Gasteiger partial charge in [0.25, 0.3) is 0 Å². The number of rotatable bonds is 32. The third-order valence-electron chi connectivity index (χ3n) is 16.0. The number of aliphatic hydroxyl groups is 3. The lowest BCUT2D eigenvalue weighted by molar-refractivity contribution is -0.150. The molecule has 606 valence electrons. The number of para-hydroxylation sites is 2. The number of amides is 2. The van der Waals surface area contributed by atoms with E-state index in [4.69, 9.17) is 42.0 Å². The highest BCUT2D eigenvalue weighted by Crippen LogP contribution is 2.50. The van der Waals surface area contributed by atoms with Gasteiger partial charge in [0, 0.05) is 28.2 Å². The summed E-state index contributed by atoms with van der Waals surface area (Å²) in [6.07, 6.45) is -3.11. The molecule has 2 aliphatic rings. The molecular weight excluding hydrogens is 1510 g/mol. The van der Waals surface area contributed by atoms with Gasteiger partial charge in [-0.3, -0.25) is 33.9 Å². The number of benzene rings is 3. The molecule has 42 heteroatoms. The molecule has 12 atom stereocenters. The number of unbranched alkanes of at least 4 members (excludes halogenated alkanes) is 4. The van der Waals surface area contributed by atoms with Crippen LogP contribution >= 0.6 is 15.5 Å². The van der Waals surface area contributed by atoms with E-state index in [0.29, 0.717) is 23.6 Å². The first-order valence-corrected chi connectivity index (χ1v) is 37.8. The van der Waals surface area contributed by atoms with Crippen molar-refractivity contribution in [3.8, 4) is 17.2 Å². The number of ether oxygens (including phenoxy) is 6. The van der Waals surface area contributed by atoms with Crippen LogP contribution in [-0.2, 0) is 51.7 Å². The third-order valence-corrected chi connectivity index (χ3v) is 19.2. The Kier molecular flexibility index (Phi) is 31.0. The van der Waals surface area contributed by atoms with Crippen molar-refractivity contribution in [3.63, 3.8) is 0 Å². The fourth-order valence-corrected chi connectivity index (χ4v) is 13.5. The summed E-state index contributed by atoms with van der Waals surface area (Å²) in [5.41, 5.74) is -3.74. The van der Waals surface area contributed by atoms with Gasteiger partial charge < -0.3 is 67.1 Å². The fourth-order valence-electron chi connectivity index (χ4n) is 10.5. The average Bonchev–Trinajstić information content (AvgIpc) is 1.57. The minimum Gasteiger partial charge on any atom is -0.462 e. The molecule has 0 saturated carbocycles. The predicted molar refractivity (Wildman–Crippen MR) is 384 cm³/mol. The highest BCUT2D eigenvalue weighted by Gasteiger charge is 2.57. The van der Waals surface area contributed by atoms with E-state index in [1.54, 1.807) is 76.1 Å². The van der Waals surface area contributed by atoms with Gasteiger partial charge in [0.2, 0.25) is 46.7 Å². The maximum Gasteiger partial charge on any atom is 0.513 e. The summed E-state index contributed by atoms with van der Waals surface area (Å²) in [5.74, 6) is -14.6. The zero-order chi connectivity index (χ0) is 81.3. The number of carbonyl (C=O) groups excluding carboxylic acids is 4. The van der Waals surface area contributed by atoms with Crippen molar-refractivity contribution < 1.29 is 121 Å². The number of imidazole rings is 2. The molecule has 2 fully saturated rings. The summed E-state index contributed by atoms with van der Waals surface area (Å²) < 4.78 is 183. The summed E-state index contributed by atoms with van der Waals surface area (Å²) >= 11 is 0. The number of halogens is 7. The van der Waals surface area contributed by atoms with Gasteiger partial charge in [-0.1, -0.05) is 75.9 Å². The quantitative estimate of drug-likeness (QED) is 0.00392. The van der Waals surface area contributed by atoms with Gasteiger partial charge >= 0.3 is 39.6 Å². The number of anilines is 4. The number of carbonyl (C=O) groups is 4. The lowest BCUT2D eigenvalue weighted by Gasteiger charge is -2.25. The highest BCUT2D eigenvalue weighted by atomic mass is 31.2. The van der Waals surface area contributed by atoms with E-state index >= 15 is 8.78 Å². The van der Waals surface area contributed by atoms with Crippen LogP contribution < -0.4 is 44.2 Å². The summed E-state index contributed by atoms with van der Waals surface area (Å²) in [5, 5.41) is 40.3. The summed E-state index contributed by atoms with van der Waals surface area (Å²) in [6.45, 7) is 14.8. The SMILES string of the molecule is CC(C)OC(=O)[C@H](C)N[P@](=O)(Oc1ccccc1)Oc1c(F)c(F)c(F)c(F)c1F.CCCCCOC(=O)Nc1nc(N(C)C)c2ncn([C@@H]3O[C@H](CO)[C@@H](O)[C@@]3(C)F)c2n1.CCCCCOC(=O)Nc1nc(N(C)C)c2ncn([C@@H]3O[C@H](CO[P@@](=O)(N[C@@H](C)C(=O)OC(C)C)Oc4ccccc4)[C@@H](O)[C@@]3(C)F)c2n1. The standard InChI is InChI=1S/C31H45FN7O9P.C19H29FN6O5.C18H17F5NO5P/c1-8-9-13-16-44-30(42)36-29-34-25(38(6)7)23-26(35-29)39(18-33-23)28-31(5,32)24(40)22(47-28)17-45-49(43,48-21-14-11-10-12-15-21)37-20(4)27(41)46-19(2)3;1-5-6-7-8-30-18(29)24-17-22-14(25(3)4)12-15(23-17)26(10-21-12)16-19(2,20)13(28)11(9-27)31-16;1-9(2)27-18(25)10(3)24-30(26,28-11-7-5-4-6-8-11)29-17-15(22)13(20)12(19)14(21)16(17)23/h10-12,14-15,18-20,22,24,28,40H,8-9,13,16-17H2,1-7H3,(H,37,43)(H,34,35,36,42);10-11,13,16,27-28H,5-9H2,1-4H3,(H,22,23,24,29);4-10H,1-3H3,(H,24,26)/t20-,22+,24+,28+,31+,49-;11-,13-,16-,19-;10-,30-/m010/s1. The Morgan fingerprint density at radius 1 is 0.573 bits per heavy atom. The molecule has 3 aromatic carbocycles. The number of aromatic nitrogens is 8. The van der Waals surface area contributed by atoms with E-state index < -0.39 is 160 Å². The van der Waals surface area contributed by atoms with Crippen LogP contribution in [0.15, 0.2) is 73.3 Å². The zero-order valence-electron chi connectivity index (χ0n) is 62.7. The molecule has 2 aliphatic heterocycles. The van der Waals surface area contributed by atoms with E-state index in [-0.39, 0.29) is 53.4 Å². The Hall–Kier alpha value is -9.11. The molecule has 0 aliphatic carbocycles. The molecule has 6 heterocycles. The van der Waals surface area contributed by atoms with Crippen LogP contribution in [0, 0.1) is 29.1 Å². The Bertz CT molecular complexity index is 4340. The van der Waals surface area contributed by atoms with Crippen LogP contribution in [0.5, 0.6) is 17.2 Å². The van der Waals surface area contributed by atoms with Crippen molar-refractivity contribution in [2.24, 2.45) is 0 Å². The number of alkyl halides is 2. The number of esters is 2. The number of nitrogens with zero attached hydrogens (tertiary/aromatic N) is 10. The second-order valence-electron chi connectivity index (χ2n) is 26.3. The highest BCUT2D eigenvalue weighted by molar-refractivity contribution is 7.52. The Labute approximate surface area is 628 Å². The van der Waals surface area contributed by atoms with Crippen molar-refractivity contribution in [1.82, 2.24) is 49.2 Å². The van der Waals surface area contributed by atoms with Crippen LogP contribution in [0.1, 0.15) is 120 Å². The molecule has 7 N–H and O–H groups in total. The second-order valence-corrected chi connectivity index (χ2v) is 29.6. The number of hydrogen-bond acceptors (Lipinski definition) is 27. The first-order chi connectivity index (χ1) is 51.8. The van der Waals surface area contributed by atoms with Crippen molar-refractivity contribution >= 4 is 85.5 Å². The largest absolute Gasteiger partial charge is 0.513 e. The van der Waals surface area contributed by atoms with E-state index in [1.807, 2.05) is 13.8 Å². The molecule has 4 aromatic heterocycles. The lowest BCUT2D eigenvalue weighted by Crippen LogP contribution is -2.41. The van der Waals surface area contributed by atoms with Crippen LogP contribution in [0.25, 0.3) is 22.3 Å². The van der Waals surface area contributed by atoms with Crippen molar-refractivity contribution in [2.75, 3.05) is 75.1 Å². The lowest BCUT2D eigenvalue weighted by atomic mass is 9.98. The van der Waals surface area contributed by atoms with Gasteiger partial charge in [0.05, 0.1) is 51.3 Å². The van der Waals surface area contributed by atoms with E-state index in [1.165, 1.54) is 92.8 Å². The molecule has 2 amide bonds. The zero-order valence-corrected chi connectivity index (χ0v) is 64.4. The van der Waals surface area contributed by atoms with Crippen LogP contribution in [0.4, 0.5) is 63.9 Å². The monoisotopic (exact) mass is 1600 g/mol. The maximum absolute atomic E-state index is 16.4. The van der Waals surface area contributed by atoms with E-state index in [9.17, 15) is 65.6 Å². The molecule has 2 saturated heterocycles. The third kappa shape index (κ3) is 22.4. The Balaban J connectivity index is 0.000000240. The Morgan fingerprint density at radius 2 is 0.955 bits per heavy atom. The second kappa shape index (κ2) is 38.7. The molecule has 0 radical (unpaired) electrons. The molecule has 7 aromatic rings. The van der Waals surface area contributed by atoms with Crippen LogP contribution in [0.3, 0.4) is 0 Å². The smallest absolute Gasteiger partial charge is 0.462 e. The first kappa shape index (κ1) is 88.1. The predicted octanol–water partition coefficient (Wildman–Crippen LogP) is 11.2. The molecule has 110 heavy (non-hydrogen) atoms. The maximum atomic E-state index is 16.4. The fraction of sp³-hybridized carbons (Fsp3) is 0.529. The number of hydrogen-bond donors (Lipinski definition) is 7. The molecular formula is C68H91F7N14O19P2. The van der Waals surface area contributed by atoms with Crippen molar-refractivity contribution in [2.45, 2.75) is 180 Å². The normalized spacial score (nSPS) is 21.1. The summed E-state index contributed by atoms with van der Waals surface area (Å²) in [4.78, 5) is 78.4. The minimum absolute atomic E-state index is 0.0451. The molecule has 0 spiro atoms. The number of fused-ring (bicyclic) bond motifs is 2. The average molecular weight is 1600 g/mol.